The molecule has 0 spiro atoms. The summed E-state index contributed by atoms with van der Waals surface area (Å²) in [7, 11) is 0. The largest absolute Gasteiger partial charge is 0.411 e. The van der Waals surface area contributed by atoms with Crippen LogP contribution >= 0.6 is 11.6 Å². The lowest BCUT2D eigenvalue weighted by molar-refractivity contribution is 0.122. The fourth-order valence-electron chi connectivity index (χ4n) is 2.15. The average Bonchev–Trinajstić information content (AvgIpc) is 3.03. The Morgan fingerprint density at radius 3 is 2.68 bits per heavy atom. The van der Waals surface area contributed by atoms with Crippen molar-refractivity contribution in [2.75, 3.05) is 31.2 Å². The van der Waals surface area contributed by atoms with E-state index in [-0.39, 0.29) is 6.54 Å². The van der Waals surface area contributed by atoms with Gasteiger partial charge in [-0.1, -0.05) is 34.0 Å². The molecule has 0 radical (unpaired) electrons. The van der Waals surface area contributed by atoms with Crippen LogP contribution in [0, 0.1) is 0 Å². The van der Waals surface area contributed by atoms with Crippen molar-refractivity contribution in [3.8, 4) is 0 Å². The molecule has 1 aliphatic heterocycles. The smallest absolute Gasteiger partial charge is 0.266 e. The highest BCUT2D eigenvalue weighted by Gasteiger charge is 2.16. The molecule has 2 heterocycles. The Kier molecular flexibility index (Phi) is 4.50. The predicted octanol–water partition coefficient (Wildman–Crippen LogP) is 1.04. The molecule has 0 saturated carbocycles. The normalized spacial score (nSPS) is 16.0. The van der Waals surface area contributed by atoms with Gasteiger partial charge in [0.1, 0.15) is 12.3 Å². The number of aromatic nitrogens is 4. The number of morpholine rings is 1. The minimum atomic E-state index is 0.218. The number of nitrogens with zero attached hydrogens (tertiary/aromatic N) is 6. The predicted molar refractivity (Wildman–Crippen MR) is 80.6 cm³/mol. The van der Waals surface area contributed by atoms with Crippen LogP contribution in [0.4, 0.5) is 5.95 Å². The van der Waals surface area contributed by atoms with Crippen LogP contribution in [0.1, 0.15) is 5.56 Å². The summed E-state index contributed by atoms with van der Waals surface area (Å²) in [6.07, 6.45) is 0. The number of benzene rings is 1. The molecular weight excluding hydrogens is 308 g/mol. The molecule has 8 nitrogen and oxygen atoms in total. The number of halogens is 1. The number of rotatable bonds is 4. The monoisotopic (exact) mass is 322 g/mol. The number of anilines is 1. The topological polar surface area (TPSA) is 88.7 Å². The Balaban J connectivity index is 1.71. The molecule has 1 aromatic heterocycles. The highest BCUT2D eigenvalue weighted by Crippen LogP contribution is 2.12. The van der Waals surface area contributed by atoms with Crippen molar-refractivity contribution in [3.05, 3.63) is 34.9 Å². The van der Waals surface area contributed by atoms with Crippen molar-refractivity contribution in [3.63, 3.8) is 0 Å². The fraction of sp³-hybridized carbons (Fsp3) is 0.385. The second kappa shape index (κ2) is 6.71. The van der Waals surface area contributed by atoms with E-state index in [1.54, 1.807) is 24.3 Å². The first-order valence-corrected chi connectivity index (χ1v) is 7.21. The molecular formula is C13H15ClN6O2. The summed E-state index contributed by atoms with van der Waals surface area (Å²) in [5.41, 5.74) is 1.18. The molecule has 2 aromatic rings. The van der Waals surface area contributed by atoms with Crippen LogP contribution in [0.25, 0.3) is 0 Å². The maximum Gasteiger partial charge on any atom is 0.266 e. The molecule has 0 amide bonds. The molecule has 0 unspecified atom stereocenters. The summed E-state index contributed by atoms with van der Waals surface area (Å²) >= 11 is 5.85. The summed E-state index contributed by atoms with van der Waals surface area (Å²) in [4.78, 5) is 3.40. The fourth-order valence-corrected chi connectivity index (χ4v) is 2.27. The minimum absolute atomic E-state index is 0.218. The lowest BCUT2D eigenvalue weighted by Gasteiger charge is -2.24. The SMILES string of the molecule is O/N=C(\Cn1nnc(N2CCOCC2)n1)c1ccc(Cl)cc1. The Labute approximate surface area is 131 Å². The molecule has 0 bridgehead atoms. The number of tetrazole rings is 1. The third kappa shape index (κ3) is 3.34. The van der Waals surface area contributed by atoms with Gasteiger partial charge in [0.05, 0.1) is 13.2 Å². The molecule has 1 aromatic carbocycles. The van der Waals surface area contributed by atoms with Crippen LogP contribution in [0.15, 0.2) is 29.4 Å². The van der Waals surface area contributed by atoms with Gasteiger partial charge in [0, 0.05) is 23.7 Å². The Morgan fingerprint density at radius 1 is 1.27 bits per heavy atom. The first-order chi connectivity index (χ1) is 10.8. The van der Waals surface area contributed by atoms with Gasteiger partial charge in [-0.3, -0.25) is 0 Å². The molecule has 1 saturated heterocycles. The zero-order valence-electron chi connectivity index (χ0n) is 11.8. The van der Waals surface area contributed by atoms with Crippen LogP contribution < -0.4 is 4.90 Å². The minimum Gasteiger partial charge on any atom is -0.411 e. The lowest BCUT2D eigenvalue weighted by atomic mass is 10.1. The van der Waals surface area contributed by atoms with E-state index in [1.165, 1.54) is 4.80 Å². The van der Waals surface area contributed by atoms with Gasteiger partial charge in [0.2, 0.25) is 0 Å². The molecule has 9 heteroatoms. The summed E-state index contributed by atoms with van der Waals surface area (Å²) in [5, 5.41) is 25.5. The Bertz CT molecular complexity index is 651. The van der Waals surface area contributed by atoms with Crippen LogP contribution in [0.5, 0.6) is 0 Å². The average molecular weight is 323 g/mol. The number of hydrogen-bond donors (Lipinski definition) is 1. The highest BCUT2D eigenvalue weighted by atomic mass is 35.5. The van der Waals surface area contributed by atoms with Crippen LogP contribution in [0.2, 0.25) is 5.02 Å². The van der Waals surface area contributed by atoms with Crippen LogP contribution in [-0.4, -0.2) is 57.4 Å². The van der Waals surface area contributed by atoms with Crippen molar-refractivity contribution in [2.24, 2.45) is 5.16 Å². The van der Waals surface area contributed by atoms with E-state index in [9.17, 15) is 5.21 Å². The van der Waals surface area contributed by atoms with E-state index in [0.29, 0.717) is 29.9 Å². The van der Waals surface area contributed by atoms with Gasteiger partial charge >= 0.3 is 0 Å². The quantitative estimate of drug-likeness (QED) is 0.514. The van der Waals surface area contributed by atoms with Crippen molar-refractivity contribution >= 4 is 23.3 Å². The Hall–Kier alpha value is -2.19. The summed E-state index contributed by atoms with van der Waals surface area (Å²) in [6.45, 7) is 3.01. The van der Waals surface area contributed by atoms with Gasteiger partial charge in [-0.15, -0.1) is 5.10 Å². The van der Waals surface area contributed by atoms with Crippen LogP contribution in [-0.2, 0) is 11.3 Å². The molecule has 22 heavy (non-hydrogen) atoms. The zero-order valence-corrected chi connectivity index (χ0v) is 12.5. The van der Waals surface area contributed by atoms with Crippen molar-refractivity contribution in [1.29, 1.82) is 0 Å². The van der Waals surface area contributed by atoms with E-state index in [2.05, 4.69) is 20.6 Å². The number of hydrogen-bond acceptors (Lipinski definition) is 7. The molecule has 1 fully saturated rings. The van der Waals surface area contributed by atoms with Gasteiger partial charge in [0.15, 0.2) is 0 Å². The van der Waals surface area contributed by atoms with Crippen molar-refractivity contribution < 1.29 is 9.94 Å². The standard InChI is InChI=1S/C13H15ClN6O2/c14-11-3-1-10(2-4-11)12(17-21)9-20-16-13(15-18-20)19-5-7-22-8-6-19/h1-4,21H,5-9H2/b17-12+. The number of oxime groups is 1. The second-order valence-corrected chi connectivity index (χ2v) is 5.21. The van der Waals surface area contributed by atoms with E-state index in [4.69, 9.17) is 16.3 Å². The highest BCUT2D eigenvalue weighted by molar-refractivity contribution is 6.30. The summed E-state index contributed by atoms with van der Waals surface area (Å²) in [5.74, 6) is 0.552. The van der Waals surface area contributed by atoms with Crippen molar-refractivity contribution in [2.45, 2.75) is 6.54 Å². The molecule has 0 aliphatic carbocycles. The summed E-state index contributed by atoms with van der Waals surface area (Å²) < 4.78 is 5.29. The molecule has 0 atom stereocenters. The molecule has 1 aliphatic rings. The zero-order chi connectivity index (χ0) is 15.4. The van der Waals surface area contributed by atoms with Gasteiger partial charge in [-0.25, -0.2) is 0 Å². The van der Waals surface area contributed by atoms with E-state index in [0.717, 1.165) is 18.7 Å². The van der Waals surface area contributed by atoms with E-state index >= 15 is 0 Å². The second-order valence-electron chi connectivity index (χ2n) is 4.77. The molecule has 1 N–H and O–H groups in total. The molecule has 116 valence electrons. The lowest BCUT2D eigenvalue weighted by Crippen LogP contribution is -2.37. The van der Waals surface area contributed by atoms with Gasteiger partial charge in [0.25, 0.3) is 5.95 Å². The third-order valence-electron chi connectivity index (χ3n) is 3.33. The van der Waals surface area contributed by atoms with Crippen LogP contribution in [0.3, 0.4) is 0 Å². The summed E-state index contributed by atoms with van der Waals surface area (Å²) in [6, 6.07) is 7.01. The first-order valence-electron chi connectivity index (χ1n) is 6.83. The van der Waals surface area contributed by atoms with E-state index in [1.807, 2.05) is 4.90 Å². The van der Waals surface area contributed by atoms with Crippen molar-refractivity contribution in [1.82, 2.24) is 20.2 Å². The Morgan fingerprint density at radius 2 is 2.00 bits per heavy atom. The van der Waals surface area contributed by atoms with E-state index < -0.39 is 0 Å². The van der Waals surface area contributed by atoms with Gasteiger partial charge in [-0.2, -0.15) is 4.80 Å². The third-order valence-corrected chi connectivity index (χ3v) is 3.58. The van der Waals surface area contributed by atoms with Gasteiger partial charge in [-0.05, 0) is 17.3 Å². The van der Waals surface area contributed by atoms with Gasteiger partial charge < -0.3 is 14.8 Å². The maximum atomic E-state index is 9.20. The molecule has 3 rings (SSSR count). The maximum absolute atomic E-state index is 9.20. The first kappa shape index (κ1) is 14.7. The number of ether oxygens (including phenoxy) is 1.